The molecule has 0 saturated heterocycles. The zero-order valence-electron chi connectivity index (χ0n) is 15.7. The molecule has 0 aromatic carbocycles. The molecule has 7 heteroatoms. The van der Waals surface area contributed by atoms with E-state index in [0.29, 0.717) is 5.56 Å². The summed E-state index contributed by atoms with van der Waals surface area (Å²) in [5.74, 6) is -0.0852. The maximum absolute atomic E-state index is 12.7. The first-order valence-corrected chi connectivity index (χ1v) is 9.08. The van der Waals surface area contributed by atoms with Gasteiger partial charge in [0.2, 0.25) is 5.91 Å². The van der Waals surface area contributed by atoms with Crippen molar-refractivity contribution in [1.29, 1.82) is 0 Å². The lowest BCUT2D eigenvalue weighted by Gasteiger charge is -2.23. The predicted molar refractivity (Wildman–Crippen MR) is 101 cm³/mol. The summed E-state index contributed by atoms with van der Waals surface area (Å²) in [6, 6.07) is 1.89. The molecule has 6 nitrogen and oxygen atoms in total. The summed E-state index contributed by atoms with van der Waals surface area (Å²) in [5.41, 5.74) is 2.25. The first kappa shape index (κ1) is 19.3. The van der Waals surface area contributed by atoms with Gasteiger partial charge in [-0.25, -0.2) is 4.98 Å². The van der Waals surface area contributed by atoms with Crippen LogP contribution in [0.3, 0.4) is 0 Å². The number of amides is 1. The van der Waals surface area contributed by atoms with E-state index in [4.69, 9.17) is 0 Å². The number of nitrogens with zero attached hydrogens (tertiary/aromatic N) is 3. The molecular formula is C18H26N4O2S. The SMILES string of the molecule is Cc1cc(C(=O)CN(C)CC(=O)NC(C)(C)C)c(C)n1-c1nccs1. The molecule has 0 bridgehead atoms. The fraction of sp³-hybridized carbons (Fsp3) is 0.500. The molecule has 2 aromatic heterocycles. The molecule has 0 fully saturated rings. The smallest absolute Gasteiger partial charge is 0.234 e. The summed E-state index contributed by atoms with van der Waals surface area (Å²) in [4.78, 5) is 30.7. The van der Waals surface area contributed by atoms with Gasteiger partial charge in [-0.1, -0.05) is 0 Å². The third-order valence-corrected chi connectivity index (χ3v) is 4.44. The minimum Gasteiger partial charge on any atom is -0.350 e. The average Bonchev–Trinajstić information content (AvgIpc) is 3.04. The number of aromatic nitrogens is 2. The van der Waals surface area contributed by atoms with E-state index < -0.39 is 0 Å². The van der Waals surface area contributed by atoms with E-state index in [2.05, 4.69) is 10.3 Å². The molecule has 0 unspecified atom stereocenters. The molecular weight excluding hydrogens is 336 g/mol. The van der Waals surface area contributed by atoms with Gasteiger partial charge in [-0.05, 0) is 47.7 Å². The number of nitrogens with one attached hydrogen (secondary N) is 1. The van der Waals surface area contributed by atoms with E-state index in [1.165, 1.54) is 11.3 Å². The monoisotopic (exact) mass is 362 g/mol. The van der Waals surface area contributed by atoms with Crippen molar-refractivity contribution in [2.45, 2.75) is 40.2 Å². The lowest BCUT2D eigenvalue weighted by Crippen LogP contribution is -2.45. The number of Topliss-reactive ketones (excluding diaryl/α,β-unsaturated/α-hetero) is 1. The lowest BCUT2D eigenvalue weighted by atomic mass is 10.1. The Morgan fingerprint density at radius 2 is 1.96 bits per heavy atom. The van der Waals surface area contributed by atoms with Gasteiger partial charge in [0.1, 0.15) is 0 Å². The molecule has 1 amide bonds. The first-order chi connectivity index (χ1) is 11.6. The van der Waals surface area contributed by atoms with Crippen LogP contribution < -0.4 is 5.32 Å². The molecule has 0 spiro atoms. The summed E-state index contributed by atoms with van der Waals surface area (Å²) < 4.78 is 1.99. The molecule has 25 heavy (non-hydrogen) atoms. The van der Waals surface area contributed by atoms with Gasteiger partial charge < -0.3 is 5.32 Å². The van der Waals surface area contributed by atoms with Gasteiger partial charge in [0.25, 0.3) is 0 Å². The number of carbonyl (C=O) groups is 2. The summed E-state index contributed by atoms with van der Waals surface area (Å²) in [6.07, 6.45) is 1.75. The Morgan fingerprint density at radius 3 is 2.52 bits per heavy atom. The number of aryl methyl sites for hydroxylation is 1. The first-order valence-electron chi connectivity index (χ1n) is 8.20. The van der Waals surface area contributed by atoms with Crippen molar-refractivity contribution in [2.75, 3.05) is 20.1 Å². The molecule has 2 heterocycles. The van der Waals surface area contributed by atoms with Crippen LogP contribution in [0.2, 0.25) is 0 Å². The third kappa shape index (κ3) is 4.99. The molecule has 0 radical (unpaired) electrons. The topological polar surface area (TPSA) is 67.2 Å². The van der Waals surface area contributed by atoms with E-state index in [1.54, 1.807) is 18.1 Å². The normalized spacial score (nSPS) is 11.8. The highest BCUT2D eigenvalue weighted by Gasteiger charge is 2.20. The largest absolute Gasteiger partial charge is 0.350 e. The van der Waals surface area contributed by atoms with Gasteiger partial charge >= 0.3 is 0 Å². The summed E-state index contributed by atoms with van der Waals surface area (Å²) in [7, 11) is 1.78. The van der Waals surface area contributed by atoms with Gasteiger partial charge in [-0.2, -0.15) is 0 Å². The fourth-order valence-corrected chi connectivity index (χ4v) is 3.51. The Morgan fingerprint density at radius 1 is 1.28 bits per heavy atom. The van der Waals surface area contributed by atoms with Crippen LogP contribution >= 0.6 is 11.3 Å². The quantitative estimate of drug-likeness (QED) is 0.802. The molecule has 0 aliphatic carbocycles. The minimum atomic E-state index is -0.277. The molecule has 136 valence electrons. The highest BCUT2D eigenvalue weighted by atomic mass is 32.1. The van der Waals surface area contributed by atoms with Crippen molar-refractivity contribution < 1.29 is 9.59 Å². The van der Waals surface area contributed by atoms with Crippen LogP contribution in [0.25, 0.3) is 5.13 Å². The second kappa shape index (κ2) is 7.49. The van der Waals surface area contributed by atoms with Crippen molar-refractivity contribution in [3.8, 4) is 5.13 Å². The number of thiazole rings is 1. The van der Waals surface area contributed by atoms with Crippen LogP contribution in [0.15, 0.2) is 17.6 Å². The van der Waals surface area contributed by atoms with E-state index in [0.717, 1.165) is 16.5 Å². The Labute approximate surface area is 152 Å². The Kier molecular flexibility index (Phi) is 5.80. The molecule has 2 rings (SSSR count). The second-order valence-electron chi connectivity index (χ2n) is 7.33. The maximum Gasteiger partial charge on any atom is 0.234 e. The van der Waals surface area contributed by atoms with Crippen molar-refractivity contribution in [2.24, 2.45) is 0 Å². The number of ketones is 1. The van der Waals surface area contributed by atoms with Crippen molar-refractivity contribution in [3.05, 3.63) is 34.6 Å². The van der Waals surface area contributed by atoms with Crippen LogP contribution in [0.5, 0.6) is 0 Å². The van der Waals surface area contributed by atoms with Gasteiger partial charge in [-0.3, -0.25) is 19.1 Å². The number of likely N-dealkylation sites (N-methyl/N-ethyl adjacent to an activating group) is 1. The Bertz CT molecular complexity index is 757. The van der Waals surface area contributed by atoms with Crippen molar-refractivity contribution in [1.82, 2.24) is 19.8 Å². The molecule has 1 N–H and O–H groups in total. The third-order valence-electron chi connectivity index (χ3n) is 3.68. The van der Waals surface area contributed by atoms with Gasteiger partial charge in [0, 0.05) is 34.1 Å². The van der Waals surface area contributed by atoms with Gasteiger partial charge in [-0.15, -0.1) is 11.3 Å². The Hall–Kier alpha value is -1.99. The highest BCUT2D eigenvalue weighted by molar-refractivity contribution is 7.12. The molecule has 0 atom stereocenters. The number of rotatable bonds is 6. The number of hydrogen-bond donors (Lipinski definition) is 1. The second-order valence-corrected chi connectivity index (χ2v) is 8.20. The summed E-state index contributed by atoms with van der Waals surface area (Å²) in [6.45, 7) is 10.1. The maximum atomic E-state index is 12.7. The van der Waals surface area contributed by atoms with E-state index >= 15 is 0 Å². The molecule has 0 aliphatic heterocycles. The minimum absolute atomic E-state index is 0.00182. The van der Waals surface area contributed by atoms with Crippen LogP contribution in [-0.4, -0.2) is 51.8 Å². The van der Waals surface area contributed by atoms with Gasteiger partial charge in [0.15, 0.2) is 10.9 Å². The number of hydrogen-bond acceptors (Lipinski definition) is 5. The average molecular weight is 362 g/mol. The molecule has 0 saturated carbocycles. The zero-order valence-corrected chi connectivity index (χ0v) is 16.5. The fourth-order valence-electron chi connectivity index (χ4n) is 2.75. The zero-order chi connectivity index (χ0) is 18.8. The van der Waals surface area contributed by atoms with Crippen LogP contribution in [-0.2, 0) is 4.79 Å². The number of carbonyl (C=O) groups excluding carboxylic acids is 2. The van der Waals surface area contributed by atoms with Gasteiger partial charge in [0.05, 0.1) is 13.1 Å². The van der Waals surface area contributed by atoms with Crippen LogP contribution in [0, 0.1) is 13.8 Å². The van der Waals surface area contributed by atoms with Crippen molar-refractivity contribution in [3.63, 3.8) is 0 Å². The highest BCUT2D eigenvalue weighted by Crippen LogP contribution is 2.22. The summed E-state index contributed by atoms with van der Waals surface area (Å²) >= 11 is 1.53. The predicted octanol–water partition coefficient (Wildman–Crippen LogP) is 2.58. The van der Waals surface area contributed by atoms with E-state index in [1.807, 2.05) is 50.6 Å². The summed E-state index contributed by atoms with van der Waals surface area (Å²) in [5, 5.41) is 5.67. The Balaban J connectivity index is 2.06. The standard InChI is InChI=1S/C18H26N4O2S/c1-12-9-14(13(2)22(12)17-19-7-8-25-17)15(23)10-21(6)11-16(24)20-18(3,4)5/h7-9H,10-11H2,1-6H3,(H,20,24). The molecule has 0 aliphatic rings. The lowest BCUT2D eigenvalue weighted by molar-refractivity contribution is -0.123. The van der Waals surface area contributed by atoms with Crippen molar-refractivity contribution >= 4 is 23.0 Å². The van der Waals surface area contributed by atoms with E-state index in [9.17, 15) is 9.59 Å². The van der Waals surface area contributed by atoms with E-state index in [-0.39, 0.29) is 30.3 Å². The molecule has 2 aromatic rings. The van der Waals surface area contributed by atoms with Crippen LogP contribution in [0.4, 0.5) is 0 Å². The van der Waals surface area contributed by atoms with Crippen LogP contribution in [0.1, 0.15) is 42.5 Å².